The minimum absolute atomic E-state index is 0.0388. The highest BCUT2D eigenvalue weighted by atomic mass is 32.2. The molecule has 0 unspecified atom stereocenters. The zero-order valence-corrected chi connectivity index (χ0v) is 19.0. The number of hydrogen-bond donors (Lipinski definition) is 1. The molecule has 0 amide bonds. The average Bonchev–Trinajstić information content (AvgIpc) is 3.43. The van der Waals surface area contributed by atoms with Crippen molar-refractivity contribution in [3.8, 4) is 0 Å². The van der Waals surface area contributed by atoms with Gasteiger partial charge in [0.25, 0.3) is 5.56 Å². The van der Waals surface area contributed by atoms with E-state index >= 15 is 0 Å². The summed E-state index contributed by atoms with van der Waals surface area (Å²) in [4.78, 5) is 39.3. The molecule has 3 heterocycles. The Labute approximate surface area is 186 Å². The second kappa shape index (κ2) is 8.12. The van der Waals surface area contributed by atoms with Crippen molar-refractivity contribution in [2.45, 2.75) is 50.6 Å². The molecule has 0 fully saturated rings. The molecule has 1 aromatic carbocycles. The lowest BCUT2D eigenvalue weighted by atomic mass is 10.2. The summed E-state index contributed by atoms with van der Waals surface area (Å²) < 4.78 is 7.20. The van der Waals surface area contributed by atoms with E-state index in [9.17, 15) is 9.59 Å². The van der Waals surface area contributed by atoms with Crippen molar-refractivity contribution in [2.75, 3.05) is 6.61 Å². The van der Waals surface area contributed by atoms with E-state index in [0.29, 0.717) is 23.7 Å². The number of carbonyl (C=O) groups is 1. The van der Waals surface area contributed by atoms with Crippen molar-refractivity contribution in [3.63, 3.8) is 0 Å². The molecule has 9 heteroatoms. The zero-order chi connectivity index (χ0) is 21.5. The molecule has 31 heavy (non-hydrogen) atoms. The van der Waals surface area contributed by atoms with Gasteiger partial charge in [0.1, 0.15) is 10.7 Å². The van der Waals surface area contributed by atoms with Gasteiger partial charge in [0.15, 0.2) is 5.16 Å². The number of esters is 1. The van der Waals surface area contributed by atoms with Crippen molar-refractivity contribution >= 4 is 50.3 Å². The zero-order valence-electron chi connectivity index (χ0n) is 17.4. The topological polar surface area (TPSA) is 89.9 Å². The maximum Gasteiger partial charge on any atom is 0.338 e. The maximum atomic E-state index is 12.7. The Morgan fingerprint density at radius 1 is 1.29 bits per heavy atom. The van der Waals surface area contributed by atoms with Crippen LogP contribution in [-0.2, 0) is 29.9 Å². The molecule has 1 aliphatic carbocycles. The van der Waals surface area contributed by atoms with E-state index in [4.69, 9.17) is 14.7 Å². The lowest BCUT2D eigenvalue weighted by molar-refractivity contribution is 0.0526. The van der Waals surface area contributed by atoms with E-state index in [1.54, 1.807) is 30.4 Å². The highest BCUT2D eigenvalue weighted by molar-refractivity contribution is 7.98. The molecule has 0 saturated carbocycles. The molecule has 0 spiro atoms. The monoisotopic (exact) mass is 454 g/mol. The molecule has 4 aromatic rings. The first-order chi connectivity index (χ1) is 15.1. The van der Waals surface area contributed by atoms with Gasteiger partial charge < -0.3 is 14.3 Å². The van der Waals surface area contributed by atoms with Gasteiger partial charge in [-0.05, 0) is 56.9 Å². The van der Waals surface area contributed by atoms with Crippen molar-refractivity contribution in [3.05, 3.63) is 50.4 Å². The number of aromatic amines is 1. The third-order valence-corrected chi connectivity index (χ3v) is 7.68. The molecule has 0 radical (unpaired) electrons. The van der Waals surface area contributed by atoms with Crippen LogP contribution in [0.15, 0.2) is 28.2 Å². The smallest absolute Gasteiger partial charge is 0.338 e. The van der Waals surface area contributed by atoms with Crippen LogP contribution in [-0.4, -0.2) is 32.1 Å². The normalized spacial score (nSPS) is 13.2. The van der Waals surface area contributed by atoms with Crippen molar-refractivity contribution < 1.29 is 9.53 Å². The van der Waals surface area contributed by atoms with Crippen LogP contribution in [0.25, 0.3) is 21.3 Å². The first kappa shape index (κ1) is 20.3. The number of aryl methyl sites for hydroxylation is 3. The Morgan fingerprint density at radius 3 is 2.97 bits per heavy atom. The standard InChI is InChI=1S/C22H22N4O3S2/c1-3-26-15-9-8-12(21(28)29-4-2)10-14(15)23-22(26)30-11-17-24-19(27)18-13-6-5-7-16(13)31-20(18)25-17/h8-10H,3-7,11H2,1-2H3,(H,24,25,27). The molecule has 1 aliphatic rings. The van der Waals surface area contributed by atoms with Gasteiger partial charge in [-0.25, -0.2) is 14.8 Å². The van der Waals surface area contributed by atoms with Gasteiger partial charge in [0, 0.05) is 11.4 Å². The number of nitrogens with zero attached hydrogens (tertiary/aromatic N) is 3. The number of H-pyrrole nitrogens is 1. The largest absolute Gasteiger partial charge is 0.462 e. The summed E-state index contributed by atoms with van der Waals surface area (Å²) in [7, 11) is 0. The molecule has 0 bridgehead atoms. The van der Waals surface area contributed by atoms with Crippen LogP contribution in [0.2, 0.25) is 0 Å². The van der Waals surface area contributed by atoms with Crippen molar-refractivity contribution in [1.29, 1.82) is 0 Å². The quantitative estimate of drug-likeness (QED) is 0.345. The summed E-state index contributed by atoms with van der Waals surface area (Å²) in [5.74, 6) is 0.828. The summed E-state index contributed by atoms with van der Waals surface area (Å²) in [5.41, 5.74) is 3.36. The predicted molar refractivity (Wildman–Crippen MR) is 123 cm³/mol. The number of thiophene rings is 1. The average molecular weight is 455 g/mol. The van der Waals surface area contributed by atoms with Crippen LogP contribution in [0.4, 0.5) is 0 Å². The number of carbonyl (C=O) groups excluding carboxylic acids is 1. The summed E-state index contributed by atoms with van der Waals surface area (Å²) in [6.07, 6.45) is 3.15. The van der Waals surface area contributed by atoms with Crippen LogP contribution in [0.1, 0.15) is 46.9 Å². The number of rotatable bonds is 6. The van der Waals surface area contributed by atoms with Crippen LogP contribution >= 0.6 is 23.1 Å². The van der Waals surface area contributed by atoms with E-state index in [2.05, 4.69) is 16.5 Å². The Morgan fingerprint density at radius 2 is 2.16 bits per heavy atom. The second-order valence-corrected chi connectivity index (χ2v) is 9.43. The third kappa shape index (κ3) is 3.55. The fourth-order valence-corrected chi connectivity index (χ4v) is 6.34. The van der Waals surface area contributed by atoms with Gasteiger partial charge >= 0.3 is 5.97 Å². The Bertz CT molecular complexity index is 1370. The number of thioether (sulfide) groups is 1. The lowest BCUT2D eigenvalue weighted by Gasteiger charge is -2.06. The van der Waals surface area contributed by atoms with E-state index < -0.39 is 0 Å². The van der Waals surface area contributed by atoms with Gasteiger partial charge in [-0.15, -0.1) is 11.3 Å². The third-order valence-electron chi connectivity index (χ3n) is 5.50. The molecule has 5 rings (SSSR count). The fraction of sp³-hybridized carbons (Fsp3) is 0.364. The molecular weight excluding hydrogens is 432 g/mol. The lowest BCUT2D eigenvalue weighted by Crippen LogP contribution is -2.11. The minimum atomic E-state index is -0.345. The molecule has 1 N–H and O–H groups in total. The number of fused-ring (bicyclic) bond motifs is 4. The van der Waals surface area contributed by atoms with E-state index in [-0.39, 0.29) is 11.5 Å². The minimum Gasteiger partial charge on any atom is -0.462 e. The summed E-state index contributed by atoms with van der Waals surface area (Å²) >= 11 is 3.18. The van der Waals surface area contributed by atoms with Crippen LogP contribution in [0.3, 0.4) is 0 Å². The Kier molecular flexibility index (Phi) is 5.31. The van der Waals surface area contributed by atoms with Crippen LogP contribution < -0.4 is 5.56 Å². The summed E-state index contributed by atoms with van der Waals surface area (Å²) in [6, 6.07) is 5.44. The van der Waals surface area contributed by atoms with E-state index in [0.717, 1.165) is 52.2 Å². The van der Waals surface area contributed by atoms with E-state index in [1.165, 1.54) is 22.2 Å². The maximum absolute atomic E-state index is 12.7. The number of aromatic nitrogens is 4. The fourth-order valence-electron chi connectivity index (χ4n) is 4.11. The van der Waals surface area contributed by atoms with Gasteiger partial charge in [0.2, 0.25) is 0 Å². The highest BCUT2D eigenvalue weighted by Gasteiger charge is 2.21. The Balaban J connectivity index is 1.44. The van der Waals surface area contributed by atoms with Gasteiger partial charge in [-0.1, -0.05) is 11.8 Å². The summed E-state index contributed by atoms with van der Waals surface area (Å²) in [5, 5.41) is 1.61. The SMILES string of the molecule is CCOC(=O)c1ccc2c(c1)nc(SCc1nc3sc4c(c3c(=O)[nH]1)CCC4)n2CC. The molecule has 160 valence electrons. The predicted octanol–water partition coefficient (Wildman–Crippen LogP) is 4.31. The molecule has 7 nitrogen and oxygen atoms in total. The van der Waals surface area contributed by atoms with Gasteiger partial charge in [-0.2, -0.15) is 0 Å². The number of imidazole rings is 1. The van der Waals surface area contributed by atoms with Crippen LogP contribution in [0, 0.1) is 0 Å². The van der Waals surface area contributed by atoms with E-state index in [1.807, 2.05) is 6.07 Å². The van der Waals surface area contributed by atoms with Gasteiger partial charge in [-0.3, -0.25) is 4.79 Å². The van der Waals surface area contributed by atoms with Crippen molar-refractivity contribution in [1.82, 2.24) is 19.5 Å². The molecule has 3 aromatic heterocycles. The molecular formula is C22H22N4O3S2. The number of benzene rings is 1. The molecule has 0 aliphatic heterocycles. The number of hydrogen-bond acceptors (Lipinski definition) is 7. The summed E-state index contributed by atoms with van der Waals surface area (Å²) in [6.45, 7) is 4.93. The molecule has 0 atom stereocenters. The van der Waals surface area contributed by atoms with Crippen LogP contribution in [0.5, 0.6) is 0 Å². The molecule has 0 saturated heterocycles. The van der Waals surface area contributed by atoms with Gasteiger partial charge in [0.05, 0.1) is 34.3 Å². The second-order valence-electron chi connectivity index (χ2n) is 7.40. The highest BCUT2D eigenvalue weighted by Crippen LogP contribution is 2.35. The number of ether oxygens (including phenoxy) is 1. The number of nitrogens with one attached hydrogen (secondary N) is 1. The first-order valence-electron chi connectivity index (χ1n) is 10.4. The first-order valence-corrected chi connectivity index (χ1v) is 12.2. The van der Waals surface area contributed by atoms with Crippen molar-refractivity contribution in [2.24, 2.45) is 0 Å². The Hall–Kier alpha value is -2.65.